The van der Waals surface area contributed by atoms with Crippen LogP contribution in [0.5, 0.6) is 17.2 Å². The fourth-order valence-electron chi connectivity index (χ4n) is 3.88. The van der Waals surface area contributed by atoms with Crippen molar-refractivity contribution in [2.75, 3.05) is 13.7 Å². The van der Waals surface area contributed by atoms with Gasteiger partial charge in [0, 0.05) is 0 Å². The van der Waals surface area contributed by atoms with Gasteiger partial charge in [0.1, 0.15) is 18.4 Å². The first-order valence-corrected chi connectivity index (χ1v) is 13.0. The van der Waals surface area contributed by atoms with E-state index >= 15 is 0 Å². The zero-order valence-electron chi connectivity index (χ0n) is 23.5. The third kappa shape index (κ3) is 9.34. The molecule has 3 rings (SSSR count). The Morgan fingerprint density at radius 3 is 2.37 bits per heavy atom. The lowest BCUT2D eigenvalue weighted by molar-refractivity contribution is -0.385. The number of carbonyl (C=O) groups is 2. The highest BCUT2D eigenvalue weighted by Gasteiger charge is 2.23. The van der Waals surface area contributed by atoms with E-state index in [1.165, 1.54) is 19.2 Å². The van der Waals surface area contributed by atoms with Crippen LogP contribution < -0.4 is 25.0 Å². The van der Waals surface area contributed by atoms with Crippen molar-refractivity contribution in [3.8, 4) is 17.2 Å². The Morgan fingerprint density at radius 1 is 1.00 bits per heavy atom. The van der Waals surface area contributed by atoms with Crippen molar-refractivity contribution in [1.82, 2.24) is 10.7 Å². The third-order valence-corrected chi connectivity index (χ3v) is 5.94. The quantitative estimate of drug-likeness (QED) is 0.167. The van der Waals surface area contributed by atoms with Crippen LogP contribution in [0.2, 0.25) is 0 Å². The van der Waals surface area contributed by atoms with E-state index < -0.39 is 22.8 Å². The third-order valence-electron chi connectivity index (χ3n) is 5.94. The lowest BCUT2D eigenvalue weighted by Gasteiger charge is -2.19. The molecule has 0 aliphatic carbocycles. The number of ether oxygens (including phenoxy) is 3. The lowest BCUT2D eigenvalue weighted by Crippen LogP contribution is -2.47. The summed E-state index contributed by atoms with van der Waals surface area (Å²) < 4.78 is 16.7. The number of hydrogen-bond donors (Lipinski definition) is 2. The van der Waals surface area contributed by atoms with Crippen LogP contribution in [-0.2, 0) is 16.2 Å². The van der Waals surface area contributed by atoms with Gasteiger partial charge in [-0.15, -0.1) is 0 Å². The molecule has 0 aliphatic rings. The van der Waals surface area contributed by atoms with Crippen LogP contribution >= 0.6 is 0 Å². The predicted octanol–water partition coefficient (Wildman–Crippen LogP) is 4.55. The molecule has 216 valence electrons. The molecule has 0 saturated heterocycles. The normalized spacial score (nSPS) is 11.6. The Kier molecular flexibility index (Phi) is 11.2. The number of aryl methyl sites for hydroxylation is 1. The van der Waals surface area contributed by atoms with Crippen LogP contribution in [-0.4, -0.2) is 42.7 Å². The summed E-state index contributed by atoms with van der Waals surface area (Å²) in [5.41, 5.74) is 3.94. The van der Waals surface area contributed by atoms with Crippen LogP contribution in [0.15, 0.2) is 71.8 Å². The highest BCUT2D eigenvalue weighted by Crippen LogP contribution is 2.34. The summed E-state index contributed by atoms with van der Waals surface area (Å²) in [4.78, 5) is 36.6. The van der Waals surface area contributed by atoms with Gasteiger partial charge in [0.2, 0.25) is 0 Å². The van der Waals surface area contributed by atoms with Gasteiger partial charge in [0.25, 0.3) is 17.5 Å². The summed E-state index contributed by atoms with van der Waals surface area (Å²) in [7, 11) is 1.42. The summed E-state index contributed by atoms with van der Waals surface area (Å²) >= 11 is 0. The first-order chi connectivity index (χ1) is 19.7. The fourth-order valence-corrected chi connectivity index (χ4v) is 3.88. The summed E-state index contributed by atoms with van der Waals surface area (Å²) in [6.45, 7) is 5.62. The fraction of sp³-hybridized carbons (Fsp3) is 0.300. The van der Waals surface area contributed by atoms with Crippen molar-refractivity contribution in [3.05, 3.63) is 93.5 Å². The van der Waals surface area contributed by atoms with Crippen molar-refractivity contribution in [2.45, 2.75) is 39.8 Å². The summed E-state index contributed by atoms with van der Waals surface area (Å²) in [5.74, 6) is 0.0719. The number of carbonyl (C=O) groups excluding carboxylic acids is 2. The van der Waals surface area contributed by atoms with E-state index in [1.807, 2.05) is 63.2 Å². The van der Waals surface area contributed by atoms with Crippen LogP contribution in [0.25, 0.3) is 0 Å². The van der Waals surface area contributed by atoms with E-state index in [0.29, 0.717) is 12.2 Å². The second-order valence-corrected chi connectivity index (χ2v) is 9.63. The molecule has 11 heteroatoms. The standard InChI is InChI=1S/C30H34N4O7/c1-20(2)14-24(32-29(35)19-41-26-13-9-8-10-21(26)3)30(36)33-31-17-23-15-27(39-4)28(16-25(23)34(37)38)40-18-22-11-6-5-7-12-22/h5-13,15-17,20,24H,14,18-19H2,1-4H3,(H,32,35)(H,33,36)/b31-17-/t24-/m0/s1. The summed E-state index contributed by atoms with van der Waals surface area (Å²) in [6.07, 6.45) is 1.49. The number of nitrogens with zero attached hydrogens (tertiary/aromatic N) is 2. The first-order valence-electron chi connectivity index (χ1n) is 13.0. The van der Waals surface area contributed by atoms with Gasteiger partial charge in [-0.3, -0.25) is 19.7 Å². The van der Waals surface area contributed by atoms with Crippen LogP contribution in [0.4, 0.5) is 5.69 Å². The van der Waals surface area contributed by atoms with Gasteiger partial charge in [-0.2, -0.15) is 5.10 Å². The topological polar surface area (TPSA) is 141 Å². The highest BCUT2D eigenvalue weighted by atomic mass is 16.6. The molecule has 0 aromatic heterocycles. The molecule has 3 aromatic carbocycles. The number of nitro benzene ring substituents is 1. The SMILES string of the molecule is COc1cc(/C=N\NC(=O)[C@H](CC(C)C)NC(=O)COc2ccccc2C)c([N+](=O)[O-])cc1OCc1ccccc1. The maximum absolute atomic E-state index is 12.9. The van der Waals surface area contributed by atoms with E-state index in [0.717, 1.165) is 17.3 Å². The molecule has 0 radical (unpaired) electrons. The molecular weight excluding hydrogens is 528 g/mol. The number of para-hydroxylation sites is 1. The number of benzene rings is 3. The number of rotatable bonds is 14. The van der Waals surface area contributed by atoms with Gasteiger partial charge in [-0.25, -0.2) is 5.43 Å². The van der Waals surface area contributed by atoms with E-state index in [1.54, 1.807) is 12.1 Å². The monoisotopic (exact) mass is 562 g/mol. The van der Waals surface area contributed by atoms with E-state index in [2.05, 4.69) is 15.8 Å². The molecule has 41 heavy (non-hydrogen) atoms. The number of nitro groups is 1. The van der Waals surface area contributed by atoms with Crippen LogP contribution in [0, 0.1) is 23.0 Å². The Bertz CT molecular complexity index is 1380. The molecular formula is C30H34N4O7. The Morgan fingerprint density at radius 2 is 1.71 bits per heavy atom. The molecule has 2 N–H and O–H groups in total. The van der Waals surface area contributed by atoms with Crippen molar-refractivity contribution in [2.24, 2.45) is 11.0 Å². The van der Waals surface area contributed by atoms with E-state index in [4.69, 9.17) is 14.2 Å². The van der Waals surface area contributed by atoms with Crippen molar-refractivity contribution in [1.29, 1.82) is 0 Å². The van der Waals surface area contributed by atoms with E-state index in [9.17, 15) is 19.7 Å². The average molecular weight is 563 g/mol. The van der Waals surface area contributed by atoms with Gasteiger partial charge in [0.05, 0.1) is 29.9 Å². The minimum atomic E-state index is -0.890. The molecule has 0 fully saturated rings. The predicted molar refractivity (Wildman–Crippen MR) is 154 cm³/mol. The number of methoxy groups -OCH3 is 1. The zero-order chi connectivity index (χ0) is 29.8. The molecule has 11 nitrogen and oxygen atoms in total. The van der Waals surface area contributed by atoms with Gasteiger partial charge in [-0.1, -0.05) is 62.4 Å². The van der Waals surface area contributed by atoms with Crippen LogP contribution in [0.1, 0.15) is 37.0 Å². The summed E-state index contributed by atoms with van der Waals surface area (Å²) in [6, 6.07) is 18.4. The second-order valence-electron chi connectivity index (χ2n) is 9.63. The first kappa shape index (κ1) is 30.6. The number of amides is 2. The summed E-state index contributed by atoms with van der Waals surface area (Å²) in [5, 5.41) is 18.4. The average Bonchev–Trinajstić information content (AvgIpc) is 2.95. The minimum absolute atomic E-state index is 0.0843. The molecule has 0 heterocycles. The Labute approximate surface area is 238 Å². The highest BCUT2D eigenvalue weighted by molar-refractivity contribution is 5.90. The number of hydrogen-bond acceptors (Lipinski definition) is 8. The van der Waals surface area contributed by atoms with Gasteiger partial charge in [-0.05, 0) is 42.5 Å². The smallest absolute Gasteiger partial charge is 0.282 e. The minimum Gasteiger partial charge on any atom is -0.493 e. The second kappa shape index (κ2) is 15.0. The Hall–Kier alpha value is -4.93. The molecule has 0 unspecified atom stereocenters. The Balaban J connectivity index is 1.68. The maximum atomic E-state index is 12.9. The molecule has 3 aromatic rings. The van der Waals surface area contributed by atoms with Crippen molar-refractivity contribution < 1.29 is 28.7 Å². The molecule has 0 saturated carbocycles. The van der Waals surface area contributed by atoms with Crippen molar-refractivity contribution in [3.63, 3.8) is 0 Å². The van der Waals surface area contributed by atoms with Gasteiger partial charge >= 0.3 is 0 Å². The lowest BCUT2D eigenvalue weighted by atomic mass is 10.0. The molecule has 0 spiro atoms. The molecule has 0 aliphatic heterocycles. The number of hydrazone groups is 1. The van der Waals surface area contributed by atoms with Gasteiger partial charge in [0.15, 0.2) is 18.1 Å². The largest absolute Gasteiger partial charge is 0.493 e. The van der Waals surface area contributed by atoms with Crippen LogP contribution in [0.3, 0.4) is 0 Å². The molecule has 2 amide bonds. The molecule has 1 atom stereocenters. The maximum Gasteiger partial charge on any atom is 0.282 e. The van der Waals surface area contributed by atoms with Gasteiger partial charge < -0.3 is 19.5 Å². The zero-order valence-corrected chi connectivity index (χ0v) is 23.5. The molecule has 0 bridgehead atoms. The van der Waals surface area contributed by atoms with E-state index in [-0.39, 0.29) is 41.9 Å². The van der Waals surface area contributed by atoms with Crippen molar-refractivity contribution >= 4 is 23.7 Å². The number of nitrogens with one attached hydrogen (secondary N) is 2.